The third kappa shape index (κ3) is 3.69. The van der Waals surface area contributed by atoms with Gasteiger partial charge in [-0.15, -0.1) is 0 Å². The van der Waals surface area contributed by atoms with Crippen LogP contribution in [0.3, 0.4) is 0 Å². The maximum Gasteiger partial charge on any atom is 0.344 e. The lowest BCUT2D eigenvalue weighted by Crippen LogP contribution is -2.12. The van der Waals surface area contributed by atoms with Gasteiger partial charge in [0.05, 0.1) is 19.3 Å². The first kappa shape index (κ1) is 17.5. The van der Waals surface area contributed by atoms with Gasteiger partial charge in [0.25, 0.3) is 0 Å². The molecule has 134 valence electrons. The summed E-state index contributed by atoms with van der Waals surface area (Å²) >= 11 is 0. The van der Waals surface area contributed by atoms with E-state index in [9.17, 15) is 9.59 Å². The van der Waals surface area contributed by atoms with Gasteiger partial charge in [0, 0.05) is 5.39 Å². The number of benzene rings is 2. The molecular weight excluding hydrogens is 336 g/mol. The summed E-state index contributed by atoms with van der Waals surface area (Å²) in [6, 6.07) is 14.1. The van der Waals surface area contributed by atoms with E-state index in [1.165, 1.54) is 7.11 Å². The van der Waals surface area contributed by atoms with Crippen LogP contribution in [0.4, 0.5) is 0 Å². The van der Waals surface area contributed by atoms with Crippen molar-refractivity contribution in [3.8, 4) is 22.6 Å². The van der Waals surface area contributed by atoms with E-state index in [0.29, 0.717) is 34.8 Å². The molecule has 0 aliphatic heterocycles. The molecule has 0 radical (unpaired) electrons. The summed E-state index contributed by atoms with van der Waals surface area (Å²) in [5.41, 5.74) is 1.10. The average Bonchev–Trinajstić information content (AvgIpc) is 2.67. The molecule has 0 amide bonds. The molecule has 6 heteroatoms. The van der Waals surface area contributed by atoms with Crippen molar-refractivity contribution >= 4 is 16.9 Å². The van der Waals surface area contributed by atoms with Gasteiger partial charge in [0.2, 0.25) is 0 Å². The first-order chi connectivity index (χ1) is 12.6. The molecule has 0 N–H and O–H groups in total. The van der Waals surface area contributed by atoms with E-state index >= 15 is 0 Å². The summed E-state index contributed by atoms with van der Waals surface area (Å²) in [6.07, 6.45) is 0. The topological polar surface area (TPSA) is 75.0 Å². The van der Waals surface area contributed by atoms with Gasteiger partial charge in [-0.3, -0.25) is 0 Å². The lowest BCUT2D eigenvalue weighted by molar-refractivity contribution is -0.142. The number of hydrogen-bond donors (Lipinski definition) is 0. The zero-order valence-electron chi connectivity index (χ0n) is 14.5. The number of ether oxygens (including phenoxy) is 3. The fraction of sp³-hybridized carbons (Fsp3) is 0.200. The molecule has 6 nitrogen and oxygen atoms in total. The van der Waals surface area contributed by atoms with Crippen LogP contribution in [0.5, 0.6) is 11.5 Å². The molecule has 0 unspecified atom stereocenters. The molecule has 3 aromatic rings. The van der Waals surface area contributed by atoms with Gasteiger partial charge < -0.3 is 18.6 Å². The monoisotopic (exact) mass is 354 g/mol. The molecule has 0 atom stereocenters. The Morgan fingerprint density at radius 3 is 2.54 bits per heavy atom. The minimum absolute atomic E-state index is 0.172. The van der Waals surface area contributed by atoms with Crippen molar-refractivity contribution in [1.82, 2.24) is 0 Å². The van der Waals surface area contributed by atoms with Crippen molar-refractivity contribution in [2.24, 2.45) is 0 Å². The summed E-state index contributed by atoms with van der Waals surface area (Å²) < 4.78 is 20.8. The van der Waals surface area contributed by atoms with Crippen molar-refractivity contribution in [2.75, 3.05) is 20.3 Å². The largest absolute Gasteiger partial charge is 0.490 e. The molecule has 0 aliphatic carbocycles. The maximum absolute atomic E-state index is 12.4. The summed E-state index contributed by atoms with van der Waals surface area (Å²) in [5.74, 6) is 0.581. The third-order valence-corrected chi connectivity index (χ3v) is 3.77. The Hall–Kier alpha value is -3.28. The van der Waals surface area contributed by atoms with Gasteiger partial charge >= 0.3 is 11.6 Å². The highest BCUT2D eigenvalue weighted by molar-refractivity contribution is 5.86. The Kier molecular flexibility index (Phi) is 5.22. The minimum atomic E-state index is -0.464. The first-order valence-corrected chi connectivity index (χ1v) is 8.12. The molecule has 1 aromatic heterocycles. The van der Waals surface area contributed by atoms with Crippen molar-refractivity contribution in [1.29, 1.82) is 0 Å². The highest BCUT2D eigenvalue weighted by atomic mass is 16.6. The Balaban J connectivity index is 1.91. The highest BCUT2D eigenvalue weighted by Gasteiger charge is 2.11. The number of para-hydroxylation sites is 1. The van der Waals surface area contributed by atoms with Gasteiger partial charge in [-0.05, 0) is 36.8 Å². The van der Waals surface area contributed by atoms with Gasteiger partial charge in [-0.2, -0.15) is 0 Å². The molecule has 1 heterocycles. The predicted octanol–water partition coefficient (Wildman–Crippen LogP) is 3.41. The molecule has 0 saturated heterocycles. The Morgan fingerprint density at radius 1 is 1.08 bits per heavy atom. The van der Waals surface area contributed by atoms with E-state index in [1.807, 2.05) is 19.1 Å². The zero-order chi connectivity index (χ0) is 18.5. The van der Waals surface area contributed by atoms with Crippen LogP contribution < -0.4 is 15.1 Å². The van der Waals surface area contributed by atoms with Crippen LogP contribution >= 0.6 is 0 Å². The Labute approximate surface area is 149 Å². The molecule has 0 aliphatic rings. The zero-order valence-corrected chi connectivity index (χ0v) is 14.5. The van der Waals surface area contributed by atoms with E-state index in [0.717, 1.165) is 5.39 Å². The van der Waals surface area contributed by atoms with Gasteiger partial charge in [-0.25, -0.2) is 9.59 Å². The number of hydrogen-bond acceptors (Lipinski definition) is 6. The van der Waals surface area contributed by atoms with E-state index in [4.69, 9.17) is 13.9 Å². The van der Waals surface area contributed by atoms with Crippen molar-refractivity contribution < 1.29 is 23.4 Å². The Morgan fingerprint density at radius 2 is 1.85 bits per heavy atom. The summed E-state index contributed by atoms with van der Waals surface area (Å²) in [5, 5.41) is 0.775. The van der Waals surface area contributed by atoms with E-state index in [2.05, 4.69) is 4.74 Å². The van der Waals surface area contributed by atoms with Crippen LogP contribution in [0.2, 0.25) is 0 Å². The van der Waals surface area contributed by atoms with Crippen LogP contribution in [-0.2, 0) is 9.53 Å². The second-order valence-electron chi connectivity index (χ2n) is 5.44. The molecule has 0 saturated carbocycles. The molecule has 3 rings (SSSR count). The van der Waals surface area contributed by atoms with Crippen LogP contribution in [0.25, 0.3) is 22.1 Å². The lowest BCUT2D eigenvalue weighted by atomic mass is 10.1. The lowest BCUT2D eigenvalue weighted by Gasteiger charge is -2.08. The third-order valence-electron chi connectivity index (χ3n) is 3.77. The van der Waals surface area contributed by atoms with Gasteiger partial charge in [-0.1, -0.05) is 24.3 Å². The number of rotatable bonds is 6. The second kappa shape index (κ2) is 7.74. The minimum Gasteiger partial charge on any atom is -0.490 e. The van der Waals surface area contributed by atoms with Crippen molar-refractivity contribution in [2.45, 2.75) is 6.92 Å². The highest BCUT2D eigenvalue weighted by Crippen LogP contribution is 2.28. The maximum atomic E-state index is 12.4. The molecule has 0 bridgehead atoms. The van der Waals surface area contributed by atoms with Crippen molar-refractivity contribution in [3.05, 3.63) is 59.0 Å². The van der Waals surface area contributed by atoms with Crippen LogP contribution in [-0.4, -0.2) is 26.3 Å². The smallest absolute Gasteiger partial charge is 0.344 e. The normalized spacial score (nSPS) is 10.5. The first-order valence-electron chi connectivity index (χ1n) is 8.12. The SMILES string of the molecule is CCOc1cccc2cc(-c3ccc(OCC(=O)OC)cc3)c(=O)oc12. The molecule has 0 fully saturated rings. The molecule has 2 aromatic carbocycles. The average molecular weight is 354 g/mol. The van der Waals surface area contributed by atoms with Crippen LogP contribution in [0.15, 0.2) is 57.7 Å². The van der Waals surface area contributed by atoms with Crippen LogP contribution in [0, 0.1) is 0 Å². The quantitative estimate of drug-likeness (QED) is 0.499. The fourth-order valence-electron chi connectivity index (χ4n) is 2.52. The number of carbonyl (C=O) groups is 1. The molecule has 26 heavy (non-hydrogen) atoms. The van der Waals surface area contributed by atoms with E-state index in [1.54, 1.807) is 36.4 Å². The standard InChI is InChI=1S/C20H18O6/c1-3-24-17-6-4-5-14-11-16(20(22)26-19(14)17)13-7-9-15(10-8-13)25-12-18(21)23-2/h4-11H,3,12H2,1-2H3. The molecule has 0 spiro atoms. The second-order valence-corrected chi connectivity index (χ2v) is 5.44. The summed E-state index contributed by atoms with van der Waals surface area (Å²) in [6.45, 7) is 2.18. The van der Waals surface area contributed by atoms with E-state index in [-0.39, 0.29) is 6.61 Å². The predicted molar refractivity (Wildman–Crippen MR) is 96.6 cm³/mol. The number of methoxy groups -OCH3 is 1. The van der Waals surface area contributed by atoms with Crippen LogP contribution in [0.1, 0.15) is 6.92 Å². The number of carbonyl (C=O) groups excluding carboxylic acids is 1. The van der Waals surface area contributed by atoms with E-state index < -0.39 is 11.6 Å². The number of fused-ring (bicyclic) bond motifs is 1. The molecular formula is C20H18O6. The fourth-order valence-corrected chi connectivity index (χ4v) is 2.52. The van der Waals surface area contributed by atoms with Gasteiger partial charge in [0.1, 0.15) is 5.75 Å². The van der Waals surface area contributed by atoms with Gasteiger partial charge in [0.15, 0.2) is 17.9 Å². The Bertz CT molecular complexity index is 972. The number of esters is 1. The summed E-state index contributed by atoms with van der Waals surface area (Å²) in [7, 11) is 1.30. The van der Waals surface area contributed by atoms with Crippen molar-refractivity contribution in [3.63, 3.8) is 0 Å². The summed E-state index contributed by atoms with van der Waals surface area (Å²) in [4.78, 5) is 23.5.